The minimum Gasteiger partial charge on any atom is -0.198 e. The summed E-state index contributed by atoms with van der Waals surface area (Å²) in [6.45, 7) is 6.69. The molecule has 0 heterocycles. The largest absolute Gasteiger partial charge is 0.375 e. The van der Waals surface area contributed by atoms with Gasteiger partial charge in [-0.25, -0.2) is 0 Å². The van der Waals surface area contributed by atoms with E-state index in [1.54, 1.807) is 12.1 Å². The summed E-state index contributed by atoms with van der Waals surface area (Å²) in [7, 11) is 0. The van der Waals surface area contributed by atoms with E-state index in [0.29, 0.717) is 0 Å². The number of benzene rings is 1. The van der Waals surface area contributed by atoms with E-state index in [1.807, 2.05) is 6.92 Å². The number of halogens is 1. The normalized spacial score (nSPS) is 8.90. The Labute approximate surface area is 58.9 Å². The quantitative estimate of drug-likeness (QED) is 0.516. The molecule has 10 heavy (non-hydrogen) atoms. The molecule has 0 atom stereocenters. The SMILES string of the molecule is C#[N+]c1ccc(C)cc1F. The molecule has 0 aromatic heterocycles. The van der Waals surface area contributed by atoms with Crippen molar-refractivity contribution in [3.8, 4) is 6.57 Å². The summed E-state index contributed by atoms with van der Waals surface area (Å²) >= 11 is 0. The Bertz CT molecular complexity index is 286. The fourth-order valence-electron chi connectivity index (χ4n) is 0.717. The van der Waals surface area contributed by atoms with E-state index in [1.165, 1.54) is 6.07 Å². The van der Waals surface area contributed by atoms with Gasteiger partial charge in [-0.15, -0.1) is 0 Å². The summed E-state index contributed by atoms with van der Waals surface area (Å²) in [6, 6.07) is 4.70. The molecule has 0 amide bonds. The van der Waals surface area contributed by atoms with Crippen molar-refractivity contribution in [2.24, 2.45) is 0 Å². The molecule has 0 saturated carbocycles. The van der Waals surface area contributed by atoms with Crippen molar-refractivity contribution in [3.63, 3.8) is 0 Å². The highest BCUT2D eigenvalue weighted by Crippen LogP contribution is 2.17. The number of aryl methyl sites for hydroxylation is 1. The molecule has 0 spiro atoms. The molecule has 0 radical (unpaired) electrons. The maximum absolute atomic E-state index is 12.7. The third kappa shape index (κ3) is 1.14. The van der Waals surface area contributed by atoms with E-state index in [4.69, 9.17) is 6.57 Å². The molecule has 50 valence electrons. The van der Waals surface area contributed by atoms with Crippen LogP contribution in [0.15, 0.2) is 18.2 Å². The first-order valence-electron chi connectivity index (χ1n) is 2.91. The van der Waals surface area contributed by atoms with Crippen molar-refractivity contribution in [2.75, 3.05) is 0 Å². The molecule has 0 bridgehead atoms. The first kappa shape index (κ1) is 6.76. The van der Waals surface area contributed by atoms with E-state index < -0.39 is 0 Å². The van der Waals surface area contributed by atoms with E-state index in [2.05, 4.69) is 4.85 Å². The van der Waals surface area contributed by atoms with Crippen molar-refractivity contribution in [2.45, 2.75) is 6.92 Å². The molecule has 0 aliphatic carbocycles. The van der Waals surface area contributed by atoms with Gasteiger partial charge in [0.1, 0.15) is 0 Å². The zero-order valence-corrected chi connectivity index (χ0v) is 5.63. The Hall–Kier alpha value is -1.36. The summed E-state index contributed by atoms with van der Waals surface area (Å²) in [6.07, 6.45) is 0. The molecule has 0 N–H and O–H groups in total. The molecule has 0 aliphatic rings. The van der Waals surface area contributed by atoms with Gasteiger partial charge in [0, 0.05) is 6.07 Å². The zero-order chi connectivity index (χ0) is 7.56. The first-order chi connectivity index (χ1) is 4.74. The van der Waals surface area contributed by atoms with E-state index in [0.717, 1.165) is 5.56 Å². The number of rotatable bonds is 0. The fourth-order valence-corrected chi connectivity index (χ4v) is 0.717. The molecule has 1 nitrogen and oxygen atoms in total. The average Bonchev–Trinajstić information content (AvgIpc) is 1.88. The van der Waals surface area contributed by atoms with Crippen LogP contribution >= 0.6 is 0 Å². The molecule has 1 aromatic carbocycles. The average molecular weight is 136 g/mol. The van der Waals surface area contributed by atoms with Crippen LogP contribution in [0.25, 0.3) is 4.85 Å². The second-order valence-corrected chi connectivity index (χ2v) is 2.08. The van der Waals surface area contributed by atoms with Gasteiger partial charge in [-0.3, -0.25) is 0 Å². The predicted molar refractivity (Wildman–Crippen MR) is 39.1 cm³/mol. The monoisotopic (exact) mass is 136 g/mol. The fraction of sp³-hybridized carbons (Fsp3) is 0.125. The molecule has 0 unspecified atom stereocenters. The first-order valence-corrected chi connectivity index (χ1v) is 2.91. The second-order valence-electron chi connectivity index (χ2n) is 2.08. The third-order valence-corrected chi connectivity index (χ3v) is 1.24. The van der Waals surface area contributed by atoms with Crippen LogP contribution in [0.5, 0.6) is 0 Å². The van der Waals surface area contributed by atoms with Crippen molar-refractivity contribution in [1.29, 1.82) is 0 Å². The van der Waals surface area contributed by atoms with Crippen LogP contribution in [-0.4, -0.2) is 0 Å². The highest BCUT2D eigenvalue weighted by Gasteiger charge is 2.07. The molecule has 1 rings (SSSR count). The van der Waals surface area contributed by atoms with Crippen LogP contribution in [-0.2, 0) is 0 Å². The van der Waals surface area contributed by atoms with Gasteiger partial charge >= 0.3 is 5.69 Å². The Morgan fingerprint density at radius 3 is 2.70 bits per heavy atom. The summed E-state index contributed by atoms with van der Waals surface area (Å²) in [5.74, 6) is -0.373. The van der Waals surface area contributed by atoms with Crippen molar-refractivity contribution < 1.29 is 4.39 Å². The zero-order valence-electron chi connectivity index (χ0n) is 5.63. The van der Waals surface area contributed by atoms with E-state index in [9.17, 15) is 4.39 Å². The van der Waals surface area contributed by atoms with Crippen LogP contribution in [0.3, 0.4) is 0 Å². The summed E-state index contributed by atoms with van der Waals surface area (Å²) in [5, 5.41) is 0. The number of hydrogen-bond donors (Lipinski definition) is 0. The van der Waals surface area contributed by atoms with Gasteiger partial charge in [-0.1, -0.05) is 6.07 Å². The number of hydrogen-bond acceptors (Lipinski definition) is 0. The Balaban J connectivity index is 3.23. The lowest BCUT2D eigenvalue weighted by Gasteiger charge is -1.87. The minimum atomic E-state index is -0.373. The highest BCUT2D eigenvalue weighted by molar-refractivity contribution is 5.47. The highest BCUT2D eigenvalue weighted by atomic mass is 19.1. The van der Waals surface area contributed by atoms with Crippen molar-refractivity contribution >= 4 is 5.69 Å². The Morgan fingerprint density at radius 2 is 2.20 bits per heavy atom. The topological polar surface area (TPSA) is 4.36 Å². The molecule has 0 saturated heterocycles. The van der Waals surface area contributed by atoms with Crippen molar-refractivity contribution in [3.05, 3.63) is 34.4 Å². The third-order valence-electron chi connectivity index (χ3n) is 1.24. The van der Waals surface area contributed by atoms with E-state index in [-0.39, 0.29) is 11.5 Å². The van der Waals surface area contributed by atoms with Gasteiger partial charge in [0.15, 0.2) is 0 Å². The number of nitrogens with zero attached hydrogens (tertiary/aromatic N) is 1. The maximum atomic E-state index is 12.7. The standard InChI is InChI=1S/C8H7FN/c1-6-3-4-8(10-2)7(9)5-6/h2-5H,1H3/q+1. The predicted octanol–water partition coefficient (Wildman–Crippen LogP) is 2.73. The lowest BCUT2D eigenvalue weighted by Crippen LogP contribution is -1.75. The van der Waals surface area contributed by atoms with Gasteiger partial charge in [0.25, 0.3) is 6.57 Å². The summed E-state index contributed by atoms with van der Waals surface area (Å²) in [5.41, 5.74) is 1.07. The van der Waals surface area contributed by atoms with Crippen LogP contribution in [0.2, 0.25) is 0 Å². The molecular formula is C8H7FN+. The lowest BCUT2D eigenvalue weighted by molar-refractivity contribution is 0.632. The van der Waals surface area contributed by atoms with Gasteiger partial charge in [0.2, 0.25) is 5.82 Å². The smallest absolute Gasteiger partial charge is 0.198 e. The lowest BCUT2D eigenvalue weighted by atomic mass is 10.2. The minimum absolute atomic E-state index is 0.200. The molecule has 0 aliphatic heterocycles. The molecular weight excluding hydrogens is 129 g/mol. The van der Waals surface area contributed by atoms with Crippen LogP contribution < -0.4 is 0 Å². The Kier molecular flexibility index (Phi) is 1.68. The van der Waals surface area contributed by atoms with Gasteiger partial charge < -0.3 is 0 Å². The maximum Gasteiger partial charge on any atom is 0.375 e. The molecule has 2 heteroatoms. The van der Waals surface area contributed by atoms with Crippen LogP contribution in [0.4, 0.5) is 10.1 Å². The van der Waals surface area contributed by atoms with Gasteiger partial charge in [0.05, 0.1) is 0 Å². The molecule has 1 aromatic rings. The van der Waals surface area contributed by atoms with E-state index >= 15 is 0 Å². The second kappa shape index (κ2) is 2.49. The van der Waals surface area contributed by atoms with Crippen LogP contribution in [0.1, 0.15) is 5.56 Å². The van der Waals surface area contributed by atoms with Gasteiger partial charge in [-0.05, 0) is 23.4 Å². The Morgan fingerprint density at radius 1 is 1.50 bits per heavy atom. The van der Waals surface area contributed by atoms with Crippen molar-refractivity contribution in [1.82, 2.24) is 0 Å². The van der Waals surface area contributed by atoms with Gasteiger partial charge in [-0.2, -0.15) is 4.39 Å². The summed E-state index contributed by atoms with van der Waals surface area (Å²) < 4.78 is 12.7. The molecule has 0 fully saturated rings. The van der Waals surface area contributed by atoms with Crippen LogP contribution in [0, 0.1) is 19.3 Å². The summed E-state index contributed by atoms with van der Waals surface area (Å²) in [4.78, 5) is 3.24.